The second-order valence-electron chi connectivity index (χ2n) is 5.20. The summed E-state index contributed by atoms with van der Waals surface area (Å²) in [6, 6.07) is 3.91. The standard InChI is InChI=1S/C13H18FN3/c1-16-6-5-12-10(9-16)4-7-17(12)13-3-2-11(14)8-15-13/h2-3,8,10,12H,4-7,9H2,1H3/t10-,12+/m1/s1. The fourth-order valence-electron chi connectivity index (χ4n) is 3.19. The number of rotatable bonds is 1. The van der Waals surface area contributed by atoms with Crippen LogP contribution in [0.5, 0.6) is 0 Å². The van der Waals surface area contributed by atoms with E-state index in [0.29, 0.717) is 6.04 Å². The Hall–Kier alpha value is -1.16. The van der Waals surface area contributed by atoms with Crippen LogP contribution in [0.4, 0.5) is 10.2 Å². The van der Waals surface area contributed by atoms with Crippen LogP contribution in [0.1, 0.15) is 12.8 Å². The van der Waals surface area contributed by atoms with Crippen molar-refractivity contribution < 1.29 is 4.39 Å². The van der Waals surface area contributed by atoms with Gasteiger partial charge >= 0.3 is 0 Å². The highest BCUT2D eigenvalue weighted by atomic mass is 19.1. The Morgan fingerprint density at radius 1 is 1.29 bits per heavy atom. The molecule has 0 aliphatic carbocycles. The number of fused-ring (bicyclic) bond motifs is 1. The zero-order chi connectivity index (χ0) is 11.8. The quantitative estimate of drug-likeness (QED) is 0.739. The van der Waals surface area contributed by atoms with Gasteiger partial charge in [0.2, 0.25) is 0 Å². The second-order valence-corrected chi connectivity index (χ2v) is 5.20. The third-order valence-corrected chi connectivity index (χ3v) is 4.04. The Kier molecular flexibility index (Phi) is 2.74. The van der Waals surface area contributed by atoms with Gasteiger partial charge < -0.3 is 9.80 Å². The molecule has 1 aromatic rings. The van der Waals surface area contributed by atoms with Crippen molar-refractivity contribution in [3.05, 3.63) is 24.1 Å². The lowest BCUT2D eigenvalue weighted by Gasteiger charge is -2.36. The highest BCUT2D eigenvalue weighted by Gasteiger charge is 2.37. The maximum atomic E-state index is 12.9. The van der Waals surface area contributed by atoms with E-state index in [2.05, 4.69) is 21.8 Å². The first-order valence-corrected chi connectivity index (χ1v) is 6.31. The zero-order valence-electron chi connectivity index (χ0n) is 10.1. The fourth-order valence-corrected chi connectivity index (χ4v) is 3.19. The molecular formula is C13H18FN3. The molecule has 17 heavy (non-hydrogen) atoms. The summed E-state index contributed by atoms with van der Waals surface area (Å²) < 4.78 is 12.9. The molecule has 0 spiro atoms. The first kappa shape index (κ1) is 11.0. The molecule has 1 aromatic heterocycles. The summed E-state index contributed by atoms with van der Waals surface area (Å²) >= 11 is 0. The average Bonchev–Trinajstić information content (AvgIpc) is 2.73. The van der Waals surface area contributed by atoms with Gasteiger partial charge in [0.1, 0.15) is 11.6 Å². The molecule has 3 rings (SSSR count). The number of piperidine rings is 1. The maximum Gasteiger partial charge on any atom is 0.141 e. The molecule has 2 aliphatic heterocycles. The van der Waals surface area contributed by atoms with E-state index in [1.165, 1.54) is 31.6 Å². The SMILES string of the molecule is CN1CC[C@H]2[C@H](CCN2c2ccc(F)cn2)C1. The first-order valence-electron chi connectivity index (χ1n) is 6.31. The third kappa shape index (κ3) is 2.02. The van der Waals surface area contributed by atoms with Gasteiger partial charge in [-0.2, -0.15) is 0 Å². The minimum absolute atomic E-state index is 0.257. The largest absolute Gasteiger partial charge is 0.353 e. The lowest BCUT2D eigenvalue weighted by atomic mass is 9.93. The summed E-state index contributed by atoms with van der Waals surface area (Å²) in [5, 5.41) is 0. The molecule has 2 atom stereocenters. The highest BCUT2D eigenvalue weighted by molar-refractivity contribution is 5.41. The molecule has 3 nitrogen and oxygen atoms in total. The molecule has 0 unspecified atom stereocenters. The summed E-state index contributed by atoms with van der Waals surface area (Å²) in [5.74, 6) is 1.43. The number of aromatic nitrogens is 1. The van der Waals surface area contributed by atoms with E-state index in [-0.39, 0.29) is 5.82 Å². The third-order valence-electron chi connectivity index (χ3n) is 4.04. The predicted molar refractivity (Wildman–Crippen MR) is 65.6 cm³/mol. The van der Waals surface area contributed by atoms with E-state index in [0.717, 1.165) is 24.8 Å². The molecule has 2 fully saturated rings. The molecule has 0 bridgehead atoms. The molecule has 92 valence electrons. The van der Waals surface area contributed by atoms with E-state index in [9.17, 15) is 4.39 Å². The highest BCUT2D eigenvalue weighted by Crippen LogP contribution is 2.33. The van der Waals surface area contributed by atoms with Crippen LogP contribution in [0.3, 0.4) is 0 Å². The Morgan fingerprint density at radius 2 is 2.18 bits per heavy atom. The molecule has 4 heteroatoms. The zero-order valence-corrected chi connectivity index (χ0v) is 10.1. The number of anilines is 1. The topological polar surface area (TPSA) is 19.4 Å². The van der Waals surface area contributed by atoms with Crippen molar-refractivity contribution in [2.75, 3.05) is 31.6 Å². The minimum atomic E-state index is -0.257. The minimum Gasteiger partial charge on any atom is -0.353 e. The van der Waals surface area contributed by atoms with Gasteiger partial charge in [0.25, 0.3) is 0 Å². The molecule has 0 saturated carbocycles. The summed E-state index contributed by atoms with van der Waals surface area (Å²) in [4.78, 5) is 8.97. The molecule has 0 radical (unpaired) electrons. The normalized spacial score (nSPS) is 29.4. The van der Waals surface area contributed by atoms with E-state index in [1.54, 1.807) is 6.07 Å². The van der Waals surface area contributed by atoms with Crippen LogP contribution in [0.25, 0.3) is 0 Å². The van der Waals surface area contributed by atoms with E-state index in [1.807, 2.05) is 0 Å². The van der Waals surface area contributed by atoms with E-state index >= 15 is 0 Å². The van der Waals surface area contributed by atoms with Gasteiger partial charge in [-0.15, -0.1) is 0 Å². The van der Waals surface area contributed by atoms with Crippen LogP contribution in [0, 0.1) is 11.7 Å². The molecule has 2 aliphatic rings. The molecule has 3 heterocycles. The van der Waals surface area contributed by atoms with Gasteiger partial charge in [0, 0.05) is 19.1 Å². The van der Waals surface area contributed by atoms with Crippen molar-refractivity contribution in [3.63, 3.8) is 0 Å². The first-order chi connectivity index (χ1) is 8.24. The second kappa shape index (κ2) is 4.26. The summed E-state index contributed by atoms with van der Waals surface area (Å²) in [6.07, 6.45) is 3.74. The smallest absolute Gasteiger partial charge is 0.141 e. The van der Waals surface area contributed by atoms with Crippen molar-refractivity contribution >= 4 is 5.82 Å². The van der Waals surface area contributed by atoms with Crippen molar-refractivity contribution in [3.8, 4) is 0 Å². The van der Waals surface area contributed by atoms with Gasteiger partial charge in [-0.05, 0) is 44.5 Å². The van der Waals surface area contributed by atoms with Crippen LogP contribution >= 0.6 is 0 Å². The van der Waals surface area contributed by atoms with Gasteiger partial charge in [-0.1, -0.05) is 0 Å². The van der Waals surface area contributed by atoms with Crippen LogP contribution < -0.4 is 4.90 Å². The number of hydrogen-bond acceptors (Lipinski definition) is 3. The van der Waals surface area contributed by atoms with E-state index < -0.39 is 0 Å². The summed E-state index contributed by atoms with van der Waals surface area (Å²) in [5.41, 5.74) is 0. The number of likely N-dealkylation sites (tertiary alicyclic amines) is 1. The molecule has 0 N–H and O–H groups in total. The van der Waals surface area contributed by atoms with E-state index in [4.69, 9.17) is 0 Å². The molecular weight excluding hydrogens is 217 g/mol. The number of pyridine rings is 1. The predicted octanol–water partition coefficient (Wildman–Crippen LogP) is 1.75. The lowest BCUT2D eigenvalue weighted by molar-refractivity contribution is 0.202. The summed E-state index contributed by atoms with van der Waals surface area (Å²) in [6.45, 7) is 3.39. The maximum absolute atomic E-state index is 12.9. The van der Waals surface area contributed by atoms with Crippen LogP contribution in [0.2, 0.25) is 0 Å². The number of nitrogens with zero attached hydrogens (tertiary/aromatic N) is 3. The summed E-state index contributed by atoms with van der Waals surface area (Å²) in [7, 11) is 2.19. The number of hydrogen-bond donors (Lipinski definition) is 0. The van der Waals surface area contributed by atoms with Crippen LogP contribution in [-0.2, 0) is 0 Å². The molecule has 2 saturated heterocycles. The van der Waals surface area contributed by atoms with Gasteiger partial charge in [-0.25, -0.2) is 9.37 Å². The van der Waals surface area contributed by atoms with Crippen molar-refractivity contribution in [1.29, 1.82) is 0 Å². The Bertz CT molecular complexity index is 392. The van der Waals surface area contributed by atoms with Crippen molar-refractivity contribution in [2.45, 2.75) is 18.9 Å². The molecule has 0 aromatic carbocycles. The monoisotopic (exact) mass is 235 g/mol. The van der Waals surface area contributed by atoms with Crippen molar-refractivity contribution in [2.24, 2.45) is 5.92 Å². The number of halogens is 1. The molecule has 0 amide bonds. The van der Waals surface area contributed by atoms with Gasteiger partial charge in [0.05, 0.1) is 6.20 Å². The fraction of sp³-hybridized carbons (Fsp3) is 0.615. The van der Waals surface area contributed by atoms with Gasteiger partial charge in [-0.3, -0.25) is 0 Å². The lowest BCUT2D eigenvalue weighted by Crippen LogP contribution is -2.44. The van der Waals surface area contributed by atoms with Crippen molar-refractivity contribution in [1.82, 2.24) is 9.88 Å². The Labute approximate surface area is 101 Å². The van der Waals surface area contributed by atoms with Crippen LogP contribution in [0.15, 0.2) is 18.3 Å². The van der Waals surface area contributed by atoms with Gasteiger partial charge in [0.15, 0.2) is 0 Å². The Balaban J connectivity index is 1.79. The van der Waals surface area contributed by atoms with Crippen LogP contribution in [-0.4, -0.2) is 42.6 Å². The Morgan fingerprint density at radius 3 is 2.94 bits per heavy atom. The average molecular weight is 235 g/mol.